The van der Waals surface area contributed by atoms with Gasteiger partial charge in [0.25, 0.3) is 5.91 Å². The summed E-state index contributed by atoms with van der Waals surface area (Å²) in [6, 6.07) is 5.21. The van der Waals surface area contributed by atoms with Crippen molar-refractivity contribution >= 4 is 39.0 Å². The first kappa shape index (κ1) is 12.0. The Morgan fingerprint density at radius 1 is 1.41 bits per heavy atom. The Balaban J connectivity index is 2.00. The van der Waals surface area contributed by atoms with Gasteiger partial charge in [0, 0.05) is 9.35 Å². The van der Waals surface area contributed by atoms with Crippen molar-refractivity contribution in [2.24, 2.45) is 5.73 Å². The maximum atomic E-state index is 10.8. The fourth-order valence-electron chi connectivity index (χ4n) is 1.18. The molecule has 3 N–H and O–H groups in total. The standard InChI is InChI=1S/C10H9BrN4OS/c11-6-3-4-17-8(6)5-13-9-2-1-7(10(12)16)14-15-9/h1-4H,5H2,(H2,12,16)(H,13,15). The van der Waals surface area contributed by atoms with Crippen molar-refractivity contribution in [3.8, 4) is 0 Å². The van der Waals surface area contributed by atoms with Crippen LogP contribution in [0.2, 0.25) is 0 Å². The van der Waals surface area contributed by atoms with Crippen molar-refractivity contribution in [2.45, 2.75) is 6.54 Å². The first-order valence-corrected chi connectivity index (χ1v) is 6.43. The van der Waals surface area contributed by atoms with Crippen LogP contribution in [0.25, 0.3) is 0 Å². The van der Waals surface area contributed by atoms with E-state index in [0.717, 1.165) is 4.47 Å². The second-order valence-electron chi connectivity index (χ2n) is 3.21. The number of amides is 1. The molecule has 5 nitrogen and oxygen atoms in total. The zero-order chi connectivity index (χ0) is 12.3. The number of carbonyl (C=O) groups excluding carboxylic acids is 1. The molecule has 0 saturated carbocycles. The molecule has 2 heterocycles. The largest absolute Gasteiger partial charge is 0.364 e. The van der Waals surface area contributed by atoms with Gasteiger partial charge in [-0.3, -0.25) is 4.79 Å². The highest BCUT2D eigenvalue weighted by atomic mass is 79.9. The fourth-order valence-corrected chi connectivity index (χ4v) is 2.61. The fraction of sp³-hybridized carbons (Fsp3) is 0.100. The van der Waals surface area contributed by atoms with E-state index in [0.29, 0.717) is 12.4 Å². The lowest BCUT2D eigenvalue weighted by Crippen LogP contribution is -2.14. The number of nitrogens with zero attached hydrogens (tertiary/aromatic N) is 2. The number of nitrogens with one attached hydrogen (secondary N) is 1. The van der Waals surface area contributed by atoms with E-state index >= 15 is 0 Å². The summed E-state index contributed by atoms with van der Waals surface area (Å²) in [7, 11) is 0. The molecule has 0 spiro atoms. The van der Waals surface area contributed by atoms with Gasteiger partial charge in [0.2, 0.25) is 0 Å². The van der Waals surface area contributed by atoms with Crippen LogP contribution in [0, 0.1) is 0 Å². The van der Waals surface area contributed by atoms with Gasteiger partial charge in [-0.15, -0.1) is 21.5 Å². The second kappa shape index (κ2) is 5.24. The molecular formula is C10H9BrN4OS. The molecule has 0 radical (unpaired) electrons. The third kappa shape index (κ3) is 3.01. The average Bonchev–Trinajstić information content (AvgIpc) is 2.73. The zero-order valence-corrected chi connectivity index (χ0v) is 11.1. The third-order valence-electron chi connectivity index (χ3n) is 2.04. The molecule has 0 aliphatic carbocycles. The molecule has 0 aromatic carbocycles. The molecule has 0 fully saturated rings. The molecule has 0 aliphatic heterocycles. The Morgan fingerprint density at radius 3 is 2.76 bits per heavy atom. The molecule has 2 rings (SSSR count). The maximum Gasteiger partial charge on any atom is 0.269 e. The molecular weight excluding hydrogens is 304 g/mol. The number of thiophene rings is 1. The molecule has 0 atom stereocenters. The van der Waals surface area contributed by atoms with Crippen molar-refractivity contribution in [3.63, 3.8) is 0 Å². The molecule has 0 unspecified atom stereocenters. The van der Waals surface area contributed by atoms with E-state index in [1.54, 1.807) is 23.5 Å². The van der Waals surface area contributed by atoms with Gasteiger partial charge in [-0.25, -0.2) is 0 Å². The predicted octanol–water partition coefficient (Wildman–Crippen LogP) is 2.01. The zero-order valence-electron chi connectivity index (χ0n) is 8.68. The average molecular weight is 313 g/mol. The minimum absolute atomic E-state index is 0.160. The number of rotatable bonds is 4. The van der Waals surface area contributed by atoms with E-state index in [-0.39, 0.29) is 5.69 Å². The summed E-state index contributed by atoms with van der Waals surface area (Å²) in [5.41, 5.74) is 5.23. The van der Waals surface area contributed by atoms with Crippen LogP contribution in [0.3, 0.4) is 0 Å². The number of nitrogens with two attached hydrogens (primary N) is 1. The van der Waals surface area contributed by atoms with Crippen molar-refractivity contribution in [2.75, 3.05) is 5.32 Å². The van der Waals surface area contributed by atoms with Crippen LogP contribution in [-0.2, 0) is 6.54 Å². The molecule has 2 aromatic heterocycles. The molecule has 0 aliphatic rings. The van der Waals surface area contributed by atoms with Crippen LogP contribution in [0.15, 0.2) is 28.1 Å². The van der Waals surface area contributed by atoms with Crippen LogP contribution in [0.4, 0.5) is 5.82 Å². The van der Waals surface area contributed by atoms with Gasteiger partial charge in [0.05, 0.1) is 6.54 Å². The summed E-state index contributed by atoms with van der Waals surface area (Å²) < 4.78 is 1.07. The Hall–Kier alpha value is -1.47. The van der Waals surface area contributed by atoms with E-state index in [1.165, 1.54) is 4.88 Å². The Morgan fingerprint density at radius 2 is 2.24 bits per heavy atom. The van der Waals surface area contributed by atoms with Gasteiger partial charge in [-0.1, -0.05) is 0 Å². The Bertz CT molecular complexity index is 525. The molecule has 2 aromatic rings. The van der Waals surface area contributed by atoms with E-state index in [2.05, 4.69) is 31.4 Å². The highest BCUT2D eigenvalue weighted by Crippen LogP contribution is 2.23. The summed E-state index contributed by atoms with van der Waals surface area (Å²) in [6.45, 7) is 0.656. The highest BCUT2D eigenvalue weighted by molar-refractivity contribution is 9.10. The van der Waals surface area contributed by atoms with Crippen molar-refractivity contribution in [1.82, 2.24) is 10.2 Å². The van der Waals surface area contributed by atoms with Crippen molar-refractivity contribution < 1.29 is 4.79 Å². The number of halogens is 1. The van der Waals surface area contributed by atoms with E-state index in [1.807, 2.05) is 11.4 Å². The van der Waals surface area contributed by atoms with Gasteiger partial charge in [0.15, 0.2) is 5.69 Å². The normalized spacial score (nSPS) is 10.2. The van der Waals surface area contributed by atoms with Gasteiger partial charge in [0.1, 0.15) is 5.82 Å². The lowest BCUT2D eigenvalue weighted by Gasteiger charge is -2.03. The smallest absolute Gasteiger partial charge is 0.269 e. The monoisotopic (exact) mass is 312 g/mol. The number of primary amides is 1. The molecule has 7 heteroatoms. The lowest BCUT2D eigenvalue weighted by atomic mass is 10.3. The minimum atomic E-state index is -0.579. The van der Waals surface area contributed by atoms with Gasteiger partial charge in [-0.2, -0.15) is 0 Å². The van der Waals surface area contributed by atoms with Gasteiger partial charge >= 0.3 is 0 Å². The maximum absolute atomic E-state index is 10.8. The summed E-state index contributed by atoms with van der Waals surface area (Å²) in [5, 5.41) is 12.7. The number of anilines is 1. The van der Waals surface area contributed by atoms with Gasteiger partial charge in [-0.05, 0) is 39.5 Å². The molecule has 0 bridgehead atoms. The second-order valence-corrected chi connectivity index (χ2v) is 5.07. The van der Waals surface area contributed by atoms with Crippen molar-refractivity contribution in [1.29, 1.82) is 0 Å². The van der Waals surface area contributed by atoms with E-state index in [4.69, 9.17) is 5.73 Å². The predicted molar refractivity (Wildman–Crippen MR) is 69.9 cm³/mol. The lowest BCUT2D eigenvalue weighted by molar-refractivity contribution is 0.0994. The van der Waals surface area contributed by atoms with E-state index in [9.17, 15) is 4.79 Å². The summed E-state index contributed by atoms with van der Waals surface area (Å²) >= 11 is 5.09. The van der Waals surface area contributed by atoms with Crippen LogP contribution in [-0.4, -0.2) is 16.1 Å². The summed E-state index contributed by atoms with van der Waals surface area (Å²) in [5.74, 6) is 0.0281. The third-order valence-corrected chi connectivity index (χ3v) is 3.96. The summed E-state index contributed by atoms with van der Waals surface area (Å²) in [4.78, 5) is 12.0. The topological polar surface area (TPSA) is 80.9 Å². The first-order valence-electron chi connectivity index (χ1n) is 4.76. The molecule has 17 heavy (non-hydrogen) atoms. The van der Waals surface area contributed by atoms with Crippen LogP contribution in [0.1, 0.15) is 15.4 Å². The number of aromatic nitrogens is 2. The SMILES string of the molecule is NC(=O)c1ccc(NCc2sccc2Br)nn1. The van der Waals surface area contributed by atoms with Crippen LogP contribution >= 0.6 is 27.3 Å². The Labute approximate surface area is 110 Å². The van der Waals surface area contributed by atoms with Gasteiger partial charge < -0.3 is 11.1 Å². The van der Waals surface area contributed by atoms with Crippen molar-refractivity contribution in [3.05, 3.63) is 38.6 Å². The molecule has 0 saturated heterocycles. The molecule has 88 valence electrons. The molecule has 1 amide bonds. The number of carbonyl (C=O) groups is 1. The first-order chi connectivity index (χ1) is 8.16. The van der Waals surface area contributed by atoms with Crippen LogP contribution in [0.5, 0.6) is 0 Å². The number of hydrogen-bond donors (Lipinski definition) is 2. The highest BCUT2D eigenvalue weighted by Gasteiger charge is 2.04. The quantitative estimate of drug-likeness (QED) is 0.905. The number of hydrogen-bond acceptors (Lipinski definition) is 5. The van der Waals surface area contributed by atoms with Crippen LogP contribution < -0.4 is 11.1 Å². The summed E-state index contributed by atoms with van der Waals surface area (Å²) in [6.07, 6.45) is 0. The van der Waals surface area contributed by atoms with E-state index < -0.39 is 5.91 Å². The minimum Gasteiger partial charge on any atom is -0.364 e. The Kier molecular flexibility index (Phi) is 3.70.